The van der Waals surface area contributed by atoms with E-state index in [-0.39, 0.29) is 28.2 Å². The van der Waals surface area contributed by atoms with Gasteiger partial charge in [0.2, 0.25) is 11.6 Å². The Balaban J connectivity index is 2.06. The molecule has 0 aromatic rings. The van der Waals surface area contributed by atoms with Crippen LogP contribution in [0.3, 0.4) is 0 Å². The van der Waals surface area contributed by atoms with Crippen LogP contribution in [-0.4, -0.2) is 16.4 Å². The predicted molar refractivity (Wildman–Crippen MR) is 50.5 cm³/mol. The quantitative estimate of drug-likeness (QED) is 0.478. The number of alkyl halides is 1. The lowest BCUT2D eigenvalue weighted by atomic mass is 9.80. The average molecular weight is 243 g/mol. The molecule has 3 saturated carbocycles. The van der Waals surface area contributed by atoms with Crippen LogP contribution >= 0.6 is 15.9 Å². The molecule has 3 aliphatic carbocycles. The average Bonchev–Trinajstić information content (AvgIpc) is 2.66. The van der Waals surface area contributed by atoms with Crippen LogP contribution in [0.15, 0.2) is 0 Å². The lowest BCUT2D eigenvalue weighted by molar-refractivity contribution is -0.141. The molecule has 0 spiro atoms. The standard InChI is InChI=1S/C10H11BrO2/c11-8-6-4-2-1-3-5(4)7(8)10(13)9(6)12/h4-8H,1-3H2/t4-,5+,6+,7-,8?. The monoisotopic (exact) mass is 242 g/mol. The van der Waals surface area contributed by atoms with Crippen molar-refractivity contribution in [2.24, 2.45) is 23.7 Å². The number of rotatable bonds is 0. The fourth-order valence-corrected chi connectivity index (χ4v) is 4.88. The topological polar surface area (TPSA) is 34.1 Å². The van der Waals surface area contributed by atoms with Crippen molar-refractivity contribution in [2.45, 2.75) is 24.1 Å². The number of hydrogen-bond donors (Lipinski definition) is 0. The van der Waals surface area contributed by atoms with E-state index >= 15 is 0 Å². The first kappa shape index (κ1) is 8.16. The number of Topliss-reactive ketones (excluding diaryl/α,β-unsaturated/α-hetero) is 2. The molecule has 0 radical (unpaired) electrons. The first-order chi connectivity index (χ1) is 6.22. The highest BCUT2D eigenvalue weighted by Crippen LogP contribution is 2.58. The molecule has 0 saturated heterocycles. The molecule has 1 unspecified atom stereocenters. The molecule has 0 aromatic heterocycles. The minimum Gasteiger partial charge on any atom is -0.291 e. The van der Waals surface area contributed by atoms with Gasteiger partial charge in [-0.1, -0.05) is 22.4 Å². The smallest absolute Gasteiger partial charge is 0.203 e. The molecule has 3 aliphatic rings. The maximum Gasteiger partial charge on any atom is 0.203 e. The van der Waals surface area contributed by atoms with Crippen LogP contribution in [0.1, 0.15) is 19.3 Å². The van der Waals surface area contributed by atoms with E-state index in [1.54, 1.807) is 0 Å². The van der Waals surface area contributed by atoms with Gasteiger partial charge in [0.05, 0.1) is 0 Å². The van der Waals surface area contributed by atoms with E-state index in [1.165, 1.54) is 6.42 Å². The summed E-state index contributed by atoms with van der Waals surface area (Å²) in [6.07, 6.45) is 3.53. The molecule has 5 atom stereocenters. The normalized spacial score (nSPS) is 53.2. The van der Waals surface area contributed by atoms with E-state index in [2.05, 4.69) is 15.9 Å². The second-order valence-electron chi connectivity index (χ2n) is 4.48. The first-order valence-electron chi connectivity index (χ1n) is 4.94. The van der Waals surface area contributed by atoms with E-state index in [0.717, 1.165) is 12.8 Å². The summed E-state index contributed by atoms with van der Waals surface area (Å²) < 4.78 is 0. The Morgan fingerprint density at radius 2 is 1.46 bits per heavy atom. The van der Waals surface area contributed by atoms with Crippen molar-refractivity contribution >= 4 is 27.5 Å². The van der Waals surface area contributed by atoms with Crippen LogP contribution in [0.5, 0.6) is 0 Å². The number of fused-ring (bicyclic) bond motifs is 5. The second-order valence-corrected chi connectivity index (χ2v) is 5.54. The molecule has 3 heteroatoms. The summed E-state index contributed by atoms with van der Waals surface area (Å²) in [4.78, 5) is 23.2. The highest BCUT2D eigenvalue weighted by molar-refractivity contribution is 9.09. The molecule has 2 bridgehead atoms. The van der Waals surface area contributed by atoms with Crippen molar-refractivity contribution in [3.8, 4) is 0 Å². The third kappa shape index (κ3) is 0.797. The molecule has 0 heterocycles. The zero-order valence-corrected chi connectivity index (χ0v) is 8.79. The number of carbonyl (C=O) groups excluding carboxylic acids is 2. The summed E-state index contributed by atoms with van der Waals surface area (Å²) in [7, 11) is 0. The lowest BCUT2D eigenvalue weighted by Crippen LogP contribution is -2.32. The summed E-state index contributed by atoms with van der Waals surface area (Å²) >= 11 is 3.53. The van der Waals surface area contributed by atoms with Gasteiger partial charge in [-0.05, 0) is 24.7 Å². The zero-order chi connectivity index (χ0) is 9.16. The van der Waals surface area contributed by atoms with Gasteiger partial charge >= 0.3 is 0 Å². The van der Waals surface area contributed by atoms with Crippen molar-refractivity contribution in [1.29, 1.82) is 0 Å². The van der Waals surface area contributed by atoms with Crippen molar-refractivity contribution < 1.29 is 9.59 Å². The third-order valence-corrected chi connectivity index (χ3v) is 5.22. The molecule has 70 valence electrons. The molecule has 0 N–H and O–H groups in total. The van der Waals surface area contributed by atoms with E-state index < -0.39 is 0 Å². The number of ketones is 2. The summed E-state index contributed by atoms with van der Waals surface area (Å²) in [5, 5.41) is 0. The molecular weight excluding hydrogens is 232 g/mol. The highest BCUT2D eigenvalue weighted by Gasteiger charge is 2.63. The van der Waals surface area contributed by atoms with Crippen molar-refractivity contribution in [3.05, 3.63) is 0 Å². The Morgan fingerprint density at radius 3 is 1.92 bits per heavy atom. The maximum absolute atomic E-state index is 11.5. The van der Waals surface area contributed by atoms with Crippen molar-refractivity contribution in [1.82, 2.24) is 0 Å². The number of carbonyl (C=O) groups is 2. The van der Waals surface area contributed by atoms with Crippen molar-refractivity contribution in [3.63, 3.8) is 0 Å². The largest absolute Gasteiger partial charge is 0.291 e. The minimum atomic E-state index is -0.0879. The van der Waals surface area contributed by atoms with Crippen molar-refractivity contribution in [2.75, 3.05) is 0 Å². The Bertz CT molecular complexity index is 271. The Morgan fingerprint density at radius 1 is 1.00 bits per heavy atom. The summed E-state index contributed by atoms with van der Waals surface area (Å²) in [6, 6.07) is 0. The van der Waals surface area contributed by atoms with Crippen LogP contribution in [0.25, 0.3) is 0 Å². The Labute approximate surface area is 85.2 Å². The van der Waals surface area contributed by atoms with Gasteiger partial charge in [0.15, 0.2) is 0 Å². The summed E-state index contributed by atoms with van der Waals surface area (Å²) in [5.41, 5.74) is 0. The van der Waals surface area contributed by atoms with Crippen LogP contribution in [-0.2, 0) is 9.59 Å². The molecule has 13 heavy (non-hydrogen) atoms. The van der Waals surface area contributed by atoms with Gasteiger partial charge in [0.1, 0.15) is 0 Å². The third-order valence-electron chi connectivity index (χ3n) is 4.08. The number of halogens is 1. The first-order valence-corrected chi connectivity index (χ1v) is 5.85. The molecule has 3 rings (SSSR count). The van der Waals surface area contributed by atoms with Gasteiger partial charge in [-0.2, -0.15) is 0 Å². The Hall–Kier alpha value is -0.180. The van der Waals surface area contributed by atoms with Gasteiger partial charge in [0.25, 0.3) is 0 Å². The molecular formula is C10H11BrO2. The fraction of sp³-hybridized carbons (Fsp3) is 0.800. The molecule has 0 aliphatic heterocycles. The minimum absolute atomic E-state index is 0.0324. The fourth-order valence-electron chi connectivity index (χ4n) is 3.61. The molecule has 3 fully saturated rings. The SMILES string of the molecule is O=C1C(=O)[C@H]2C(Br)[C@@H]1[C@@H]1CCC[C@@H]12. The Kier molecular flexibility index (Phi) is 1.53. The number of hydrogen-bond acceptors (Lipinski definition) is 2. The van der Waals surface area contributed by atoms with Gasteiger partial charge in [-0.25, -0.2) is 0 Å². The van der Waals surface area contributed by atoms with Crippen LogP contribution in [0.4, 0.5) is 0 Å². The van der Waals surface area contributed by atoms with Crippen LogP contribution in [0, 0.1) is 23.7 Å². The molecule has 0 aromatic carbocycles. The zero-order valence-electron chi connectivity index (χ0n) is 7.20. The van der Waals surface area contributed by atoms with Gasteiger partial charge in [-0.15, -0.1) is 0 Å². The van der Waals surface area contributed by atoms with Gasteiger partial charge in [0, 0.05) is 16.7 Å². The van der Waals surface area contributed by atoms with E-state index in [1.807, 2.05) is 0 Å². The predicted octanol–water partition coefficient (Wildman–Crippen LogP) is 1.56. The van der Waals surface area contributed by atoms with E-state index in [4.69, 9.17) is 0 Å². The maximum atomic E-state index is 11.5. The second kappa shape index (κ2) is 2.44. The molecule has 0 amide bonds. The van der Waals surface area contributed by atoms with E-state index in [0.29, 0.717) is 11.8 Å². The highest BCUT2D eigenvalue weighted by atomic mass is 79.9. The van der Waals surface area contributed by atoms with Crippen LogP contribution < -0.4 is 0 Å². The molecule has 2 nitrogen and oxygen atoms in total. The van der Waals surface area contributed by atoms with E-state index in [9.17, 15) is 9.59 Å². The van der Waals surface area contributed by atoms with Gasteiger partial charge in [-0.3, -0.25) is 9.59 Å². The summed E-state index contributed by atoms with van der Waals surface area (Å²) in [6.45, 7) is 0. The van der Waals surface area contributed by atoms with Crippen LogP contribution in [0.2, 0.25) is 0 Å². The lowest BCUT2D eigenvalue weighted by Gasteiger charge is -2.21. The van der Waals surface area contributed by atoms with Gasteiger partial charge < -0.3 is 0 Å². The summed E-state index contributed by atoms with van der Waals surface area (Å²) in [5.74, 6) is 0.944.